The second-order valence-electron chi connectivity index (χ2n) is 7.50. The van der Waals surface area contributed by atoms with Crippen LogP contribution in [0.15, 0.2) is 34.9 Å². The SMILES string of the molecule is COC(=O)/C=C(\C)C(O)C#CC(C)(O)/C=C/C1=C(C)CCCC1(C)C. The van der Waals surface area contributed by atoms with Crippen LogP contribution in [0.25, 0.3) is 0 Å². The number of esters is 1. The van der Waals surface area contributed by atoms with Gasteiger partial charge in [0.25, 0.3) is 0 Å². The molecule has 0 bridgehead atoms. The van der Waals surface area contributed by atoms with Gasteiger partial charge in [-0.2, -0.15) is 0 Å². The molecule has 4 heteroatoms. The molecule has 0 radical (unpaired) electrons. The molecule has 0 aliphatic heterocycles. The molecule has 2 unspecified atom stereocenters. The highest BCUT2D eigenvalue weighted by Crippen LogP contribution is 2.40. The Bertz CT molecular complexity index is 651. The molecule has 0 fully saturated rings. The van der Waals surface area contributed by atoms with Crippen LogP contribution in [0.5, 0.6) is 0 Å². The van der Waals surface area contributed by atoms with E-state index in [1.54, 1.807) is 19.9 Å². The summed E-state index contributed by atoms with van der Waals surface area (Å²) < 4.78 is 4.51. The Morgan fingerprint density at radius 3 is 2.64 bits per heavy atom. The minimum atomic E-state index is -1.37. The van der Waals surface area contributed by atoms with Gasteiger partial charge in [-0.05, 0) is 62.7 Å². The highest BCUT2D eigenvalue weighted by atomic mass is 16.5. The maximum absolute atomic E-state index is 11.2. The largest absolute Gasteiger partial charge is 0.466 e. The Kier molecular flexibility index (Phi) is 7.22. The molecule has 0 aromatic heterocycles. The van der Waals surface area contributed by atoms with Gasteiger partial charge in [0.2, 0.25) is 0 Å². The average molecular weight is 346 g/mol. The summed E-state index contributed by atoms with van der Waals surface area (Å²) in [5.41, 5.74) is 1.66. The van der Waals surface area contributed by atoms with Gasteiger partial charge in [0.1, 0.15) is 11.7 Å². The van der Waals surface area contributed by atoms with Gasteiger partial charge in [-0.1, -0.05) is 37.3 Å². The minimum absolute atomic E-state index is 0.0850. The lowest BCUT2D eigenvalue weighted by atomic mass is 9.72. The van der Waals surface area contributed by atoms with Crippen molar-refractivity contribution in [3.63, 3.8) is 0 Å². The molecule has 0 spiro atoms. The first kappa shape index (κ1) is 21.2. The van der Waals surface area contributed by atoms with E-state index in [1.807, 2.05) is 6.08 Å². The molecule has 0 aromatic carbocycles. The van der Waals surface area contributed by atoms with Crippen LogP contribution in [-0.2, 0) is 9.53 Å². The molecule has 1 aliphatic rings. The van der Waals surface area contributed by atoms with Crippen molar-refractivity contribution in [3.05, 3.63) is 34.9 Å². The molecule has 138 valence electrons. The number of carbonyl (C=O) groups excluding carboxylic acids is 1. The maximum atomic E-state index is 11.2. The van der Waals surface area contributed by atoms with Gasteiger partial charge in [0.05, 0.1) is 7.11 Å². The van der Waals surface area contributed by atoms with Gasteiger partial charge in [0, 0.05) is 6.08 Å². The molecule has 4 nitrogen and oxygen atoms in total. The molecule has 0 aromatic rings. The number of rotatable bonds is 4. The number of allylic oxidation sites excluding steroid dienone is 3. The predicted molar refractivity (Wildman–Crippen MR) is 99.7 cm³/mol. The third-order valence-corrected chi connectivity index (χ3v) is 4.56. The van der Waals surface area contributed by atoms with Crippen LogP contribution in [0, 0.1) is 17.3 Å². The second-order valence-corrected chi connectivity index (χ2v) is 7.50. The number of aliphatic hydroxyl groups excluding tert-OH is 1. The third kappa shape index (κ3) is 6.53. The highest BCUT2D eigenvalue weighted by molar-refractivity contribution is 5.82. The lowest BCUT2D eigenvalue weighted by Crippen LogP contribution is -2.22. The zero-order chi connectivity index (χ0) is 19.3. The van der Waals surface area contributed by atoms with Gasteiger partial charge >= 0.3 is 5.97 Å². The Hall–Kier alpha value is -1.83. The molecular formula is C21H30O4. The van der Waals surface area contributed by atoms with E-state index in [1.165, 1.54) is 30.8 Å². The van der Waals surface area contributed by atoms with Crippen molar-refractivity contribution in [2.24, 2.45) is 5.41 Å². The maximum Gasteiger partial charge on any atom is 0.330 e. The van der Waals surface area contributed by atoms with Crippen LogP contribution in [0.2, 0.25) is 0 Å². The Labute approximate surface area is 151 Å². The summed E-state index contributed by atoms with van der Waals surface area (Å²) in [4.78, 5) is 11.2. The van der Waals surface area contributed by atoms with Gasteiger partial charge < -0.3 is 14.9 Å². The fraction of sp³-hybridized carbons (Fsp3) is 0.571. The summed E-state index contributed by atoms with van der Waals surface area (Å²) in [7, 11) is 1.27. The normalized spacial score (nSPS) is 21.4. The monoisotopic (exact) mass is 346 g/mol. The van der Waals surface area contributed by atoms with E-state index in [9.17, 15) is 15.0 Å². The van der Waals surface area contributed by atoms with E-state index < -0.39 is 17.7 Å². The molecule has 0 saturated heterocycles. The van der Waals surface area contributed by atoms with E-state index >= 15 is 0 Å². The van der Waals surface area contributed by atoms with Crippen LogP contribution < -0.4 is 0 Å². The number of aliphatic hydroxyl groups is 2. The van der Waals surface area contributed by atoms with E-state index in [0.717, 1.165) is 12.8 Å². The van der Waals surface area contributed by atoms with Crippen molar-refractivity contribution in [2.45, 2.75) is 65.6 Å². The second kappa shape index (κ2) is 8.51. The molecule has 25 heavy (non-hydrogen) atoms. The van der Waals surface area contributed by atoms with Gasteiger partial charge in [-0.15, -0.1) is 0 Å². The number of carbonyl (C=O) groups is 1. The van der Waals surface area contributed by atoms with Crippen LogP contribution in [-0.4, -0.2) is 35.0 Å². The Balaban J connectivity index is 2.93. The van der Waals surface area contributed by atoms with Gasteiger partial charge in [0.15, 0.2) is 0 Å². The first-order chi connectivity index (χ1) is 11.5. The lowest BCUT2D eigenvalue weighted by molar-refractivity contribution is -0.134. The van der Waals surface area contributed by atoms with Crippen molar-refractivity contribution >= 4 is 5.97 Å². The van der Waals surface area contributed by atoms with Gasteiger partial charge in [-0.3, -0.25) is 0 Å². The molecule has 2 atom stereocenters. The standard InChI is InChI=1S/C21H30O4/c1-15-8-7-11-20(3,4)17(15)9-12-21(5,24)13-10-18(22)16(2)14-19(23)25-6/h9,12,14,18,22,24H,7-8,11H2,1-6H3/b12-9+,16-14+. The van der Waals surface area contributed by atoms with E-state index in [0.29, 0.717) is 5.57 Å². The molecule has 1 rings (SSSR count). The van der Waals surface area contributed by atoms with Crippen LogP contribution in [0.3, 0.4) is 0 Å². The molecule has 2 N–H and O–H groups in total. The zero-order valence-electron chi connectivity index (χ0n) is 16.1. The summed E-state index contributed by atoms with van der Waals surface area (Å²) in [5, 5.41) is 20.4. The number of ether oxygens (including phenoxy) is 1. The molecule has 0 amide bonds. The van der Waals surface area contributed by atoms with Crippen molar-refractivity contribution in [1.29, 1.82) is 0 Å². The number of hydrogen-bond donors (Lipinski definition) is 2. The van der Waals surface area contributed by atoms with Crippen molar-refractivity contribution in [1.82, 2.24) is 0 Å². The quantitative estimate of drug-likeness (QED) is 0.466. The molecule has 0 saturated carbocycles. The summed E-state index contributed by atoms with van der Waals surface area (Å²) in [6.45, 7) is 9.71. The van der Waals surface area contributed by atoms with Crippen LogP contribution >= 0.6 is 0 Å². The number of hydrogen-bond acceptors (Lipinski definition) is 4. The van der Waals surface area contributed by atoms with Crippen molar-refractivity contribution < 1.29 is 19.7 Å². The van der Waals surface area contributed by atoms with Crippen molar-refractivity contribution in [2.75, 3.05) is 7.11 Å². The van der Waals surface area contributed by atoms with E-state index in [-0.39, 0.29) is 5.41 Å². The topological polar surface area (TPSA) is 66.8 Å². The molecular weight excluding hydrogens is 316 g/mol. The summed E-state index contributed by atoms with van der Waals surface area (Å²) in [6, 6.07) is 0. The highest BCUT2D eigenvalue weighted by Gasteiger charge is 2.27. The van der Waals surface area contributed by atoms with E-state index in [4.69, 9.17) is 0 Å². The first-order valence-electron chi connectivity index (χ1n) is 8.57. The minimum Gasteiger partial charge on any atom is -0.466 e. The summed E-state index contributed by atoms with van der Waals surface area (Å²) >= 11 is 0. The lowest BCUT2D eigenvalue weighted by Gasteiger charge is -2.33. The molecule has 0 heterocycles. The Morgan fingerprint density at radius 1 is 1.44 bits per heavy atom. The molecule has 1 aliphatic carbocycles. The van der Waals surface area contributed by atoms with Gasteiger partial charge in [-0.25, -0.2) is 4.79 Å². The smallest absolute Gasteiger partial charge is 0.330 e. The zero-order valence-corrected chi connectivity index (χ0v) is 16.1. The van der Waals surface area contributed by atoms with Crippen LogP contribution in [0.1, 0.15) is 53.9 Å². The summed E-state index contributed by atoms with van der Waals surface area (Å²) in [6.07, 6.45) is 7.05. The van der Waals surface area contributed by atoms with Crippen molar-refractivity contribution in [3.8, 4) is 11.8 Å². The Morgan fingerprint density at radius 2 is 2.08 bits per heavy atom. The average Bonchev–Trinajstić information content (AvgIpc) is 2.51. The predicted octanol–water partition coefficient (Wildman–Crippen LogP) is 3.30. The number of methoxy groups -OCH3 is 1. The fourth-order valence-electron chi connectivity index (χ4n) is 2.95. The van der Waals surface area contributed by atoms with E-state index in [2.05, 4.69) is 37.3 Å². The first-order valence-corrected chi connectivity index (χ1v) is 8.57. The summed E-state index contributed by atoms with van der Waals surface area (Å²) in [5.74, 6) is 4.70. The fourth-order valence-corrected chi connectivity index (χ4v) is 2.95. The third-order valence-electron chi connectivity index (χ3n) is 4.56. The van der Waals surface area contributed by atoms with Crippen LogP contribution in [0.4, 0.5) is 0 Å².